The summed E-state index contributed by atoms with van der Waals surface area (Å²) in [6, 6.07) is 35.1. The predicted octanol–water partition coefficient (Wildman–Crippen LogP) is 9.51. The smallest absolute Gasteiger partial charge is 0.379 e. The summed E-state index contributed by atoms with van der Waals surface area (Å²) >= 11 is 15.8. The number of anilines is 4. The maximum atomic E-state index is 12.8. The van der Waals surface area contributed by atoms with Gasteiger partial charge < -0.3 is 43.7 Å². The molecule has 4 aromatic rings. The van der Waals surface area contributed by atoms with Gasteiger partial charge in [0.2, 0.25) is 5.91 Å². The SMILES string of the molecule is C=CC=C.C=CC=C.CCCC.CN(C)c1ccc(C2SCCCS2)cc1.CN(C)c1ccc([C-]2SCCCS2)cc1.CN(C)c1ccc([C-]2SCCCS2)cc1.CN1CCCC1=O.CNCCC(=O)C1(c2ccc(N(C)C)cc2)SCCCS1.[CH2-]CCC.[CH2-]CCC.[Li+].[Li+].[Li+].[Li+]. The zero-order valence-corrected chi connectivity index (χ0v) is 70.5. The molecule has 0 spiro atoms. The number of carbonyl (C=O) groups excluding carboxylic acids is 2. The van der Waals surface area contributed by atoms with Crippen LogP contribution < -0.4 is 100 Å². The number of carbonyl (C=O) groups is 2. The van der Waals surface area contributed by atoms with E-state index in [1.165, 1.54) is 134 Å². The van der Waals surface area contributed by atoms with Gasteiger partial charge in [0.1, 0.15) is 4.08 Å². The summed E-state index contributed by atoms with van der Waals surface area (Å²) in [5.74, 6) is 10.5. The molecule has 1 N–H and O–H groups in total. The molecule has 0 saturated carbocycles. The third-order valence-corrected chi connectivity index (χ3v) is 25.6. The fraction of sp³-hybridized carbons (Fsp3) is 0.506. The zero-order chi connectivity index (χ0) is 69.7. The van der Waals surface area contributed by atoms with Gasteiger partial charge in [-0.05, 0) is 121 Å². The molecular weight excluding hydrogens is 1330 g/mol. The van der Waals surface area contributed by atoms with Crippen LogP contribution in [0, 0.1) is 23.0 Å². The summed E-state index contributed by atoms with van der Waals surface area (Å²) in [6.07, 6.45) is 21.4. The van der Waals surface area contributed by atoms with Crippen LogP contribution in [0.1, 0.15) is 138 Å². The third-order valence-electron chi connectivity index (χ3n) is 13.7. The summed E-state index contributed by atoms with van der Waals surface area (Å²) in [4.78, 5) is 33.6. The van der Waals surface area contributed by atoms with Crippen LogP contribution in [0.3, 0.4) is 0 Å². The molecule has 97 heavy (non-hydrogen) atoms. The number of ketones is 1. The Kier molecular flexibility index (Phi) is 73.6. The monoisotopic (exact) mass is 1450 g/mol. The van der Waals surface area contributed by atoms with E-state index in [2.05, 4.69) is 256 Å². The van der Waals surface area contributed by atoms with Crippen LogP contribution in [-0.4, -0.2) is 146 Å². The maximum absolute atomic E-state index is 12.8. The molecule has 5 heterocycles. The maximum Gasteiger partial charge on any atom is 1.00 e. The molecule has 524 valence electrons. The average molecular weight is 1450 g/mol. The first-order valence-corrected chi connectivity index (χ1v) is 41.1. The molecule has 4 aromatic carbocycles. The van der Waals surface area contributed by atoms with Gasteiger partial charge in [-0.3, -0.25) is 9.59 Å². The molecule has 5 aliphatic rings. The molecule has 1 amide bonds. The Morgan fingerprint density at radius 3 is 1.11 bits per heavy atom. The van der Waals surface area contributed by atoms with Gasteiger partial charge in [-0.1, -0.05) is 162 Å². The minimum atomic E-state index is -0.403. The molecule has 0 atom stereocenters. The van der Waals surface area contributed by atoms with E-state index in [4.69, 9.17) is 0 Å². The van der Waals surface area contributed by atoms with Crippen molar-refractivity contribution in [2.75, 3.05) is 149 Å². The van der Waals surface area contributed by atoms with Crippen LogP contribution in [0.25, 0.3) is 0 Å². The van der Waals surface area contributed by atoms with E-state index >= 15 is 0 Å². The van der Waals surface area contributed by atoms with Crippen molar-refractivity contribution in [1.29, 1.82) is 0 Å². The van der Waals surface area contributed by atoms with E-state index in [0.29, 0.717) is 22.7 Å². The van der Waals surface area contributed by atoms with Gasteiger partial charge in [0.15, 0.2) is 5.78 Å². The number of amides is 1. The van der Waals surface area contributed by atoms with Gasteiger partial charge in [0.05, 0.1) is 4.58 Å². The molecule has 5 fully saturated rings. The second kappa shape index (κ2) is 68.2. The van der Waals surface area contributed by atoms with Crippen LogP contribution in [0.4, 0.5) is 22.7 Å². The number of Topliss-reactive ketones (excluding diaryl/α,β-unsaturated/α-hetero) is 1. The number of likely N-dealkylation sites (tertiary alicyclic amines) is 1. The van der Waals surface area contributed by atoms with Crippen LogP contribution in [0.5, 0.6) is 0 Å². The van der Waals surface area contributed by atoms with E-state index in [0.717, 1.165) is 55.8 Å². The number of allylic oxidation sites excluding steroid dienone is 4. The number of hydrogen-bond donors (Lipinski definition) is 1. The van der Waals surface area contributed by atoms with Gasteiger partial charge >= 0.3 is 75.4 Å². The minimum Gasteiger partial charge on any atom is -0.379 e. The molecule has 0 aliphatic carbocycles. The average Bonchev–Trinajstić information content (AvgIpc) is 1.35. The van der Waals surface area contributed by atoms with Crippen molar-refractivity contribution in [3.8, 4) is 0 Å². The number of rotatable bonds is 17. The van der Waals surface area contributed by atoms with E-state index in [1.54, 1.807) is 29.2 Å². The Hall–Kier alpha value is -0.930. The summed E-state index contributed by atoms with van der Waals surface area (Å²) in [7, 11) is 20.3. The van der Waals surface area contributed by atoms with E-state index < -0.39 is 4.08 Å². The molecule has 0 unspecified atom stereocenters. The number of hydrogen-bond acceptors (Lipinski definition) is 15. The zero-order valence-electron chi connectivity index (χ0n) is 63.9. The summed E-state index contributed by atoms with van der Waals surface area (Å²) in [5, 5.41) is 3.08. The molecule has 5 aliphatic heterocycles. The first-order valence-electron chi connectivity index (χ1n) is 33.1. The van der Waals surface area contributed by atoms with Crippen LogP contribution in [0.2, 0.25) is 0 Å². The summed E-state index contributed by atoms with van der Waals surface area (Å²) in [6.45, 7) is 31.0. The Morgan fingerprint density at radius 1 is 0.526 bits per heavy atom. The second-order valence-corrected chi connectivity index (χ2v) is 33.0. The number of benzene rings is 4. The summed E-state index contributed by atoms with van der Waals surface area (Å²) in [5.41, 5.74) is 10.4. The number of nitrogens with one attached hydrogen (secondary N) is 1. The fourth-order valence-electron chi connectivity index (χ4n) is 7.78. The van der Waals surface area contributed by atoms with E-state index in [1.807, 2.05) is 98.8 Å². The number of nitrogens with zero attached hydrogens (tertiary/aromatic N) is 5. The van der Waals surface area contributed by atoms with Crippen molar-refractivity contribution in [1.82, 2.24) is 10.2 Å². The molecule has 0 bridgehead atoms. The molecular formula is C77H122Li4N6O2S8. The Bertz CT molecular complexity index is 2300. The standard InChI is InChI=1S/C16H24N2OS2.C12H17NS2.2C12H16NS2.C5H9NO.C4H10.2C4H9.2C4H6.4Li/c1-17-10-9-15(19)16(20-11-4-12-21-16)13-5-7-14(8-6-13)18(2)3;3*1-13(2)11-6-4-10(5-7-11)12-14-8-3-9-15-12;1-6-4-2-3-5(6)7;5*1-3-4-2;;;;/h5-8,17H,4,9-12H2,1-3H3;4-7,12H,3,8-9H2,1-2H3;2*4-7H,3,8-9H2,1-2H3;2-4H2,1H3;3-4H2,1-2H3;2*1,3-4H2,2H3;2*3-4H,1-2H2;;;;/q;;2*-1;;;2*-1;;;4*+1. The van der Waals surface area contributed by atoms with Gasteiger partial charge in [-0.15, -0.1) is 47.0 Å². The Labute approximate surface area is 678 Å². The fourth-order valence-corrected chi connectivity index (χ4v) is 19.1. The Balaban J connectivity index is -0.000000342. The van der Waals surface area contributed by atoms with Crippen molar-refractivity contribution in [2.45, 2.75) is 120 Å². The topological polar surface area (TPSA) is 62.4 Å². The normalized spacial score (nSPS) is 14.5. The first kappa shape index (κ1) is 105. The molecule has 0 aromatic heterocycles. The number of thioether (sulfide) groups is 8. The van der Waals surface area contributed by atoms with Crippen molar-refractivity contribution in [3.63, 3.8) is 0 Å². The van der Waals surface area contributed by atoms with Gasteiger partial charge in [0, 0.05) is 112 Å². The predicted molar refractivity (Wildman–Crippen MR) is 443 cm³/mol. The summed E-state index contributed by atoms with van der Waals surface area (Å²) < 4.78 is 3.24. The van der Waals surface area contributed by atoms with Crippen molar-refractivity contribution < 1.29 is 85.0 Å². The quantitative estimate of drug-likeness (QED) is 0.0621. The van der Waals surface area contributed by atoms with Gasteiger partial charge in [-0.25, -0.2) is 0 Å². The number of unbranched alkanes of at least 4 members (excludes halogenated alkanes) is 3. The minimum absolute atomic E-state index is 0. The third kappa shape index (κ3) is 47.2. The van der Waals surface area contributed by atoms with E-state index in [-0.39, 0.29) is 75.4 Å². The molecule has 0 radical (unpaired) electrons. The molecule has 8 nitrogen and oxygen atoms in total. The van der Waals surface area contributed by atoms with Crippen LogP contribution in [-0.2, 0) is 13.7 Å². The molecule has 20 heteroatoms. The molecule has 9 rings (SSSR count). The largest absolute Gasteiger partial charge is 1.00 e. The van der Waals surface area contributed by atoms with Crippen LogP contribution >= 0.6 is 94.1 Å². The Morgan fingerprint density at radius 2 is 0.845 bits per heavy atom. The van der Waals surface area contributed by atoms with Gasteiger partial charge in [-0.2, -0.15) is 95.3 Å². The van der Waals surface area contributed by atoms with Gasteiger partial charge in [0.25, 0.3) is 0 Å². The first-order chi connectivity index (χ1) is 44.8. The van der Waals surface area contributed by atoms with Crippen molar-refractivity contribution >= 4 is 129 Å². The van der Waals surface area contributed by atoms with Crippen LogP contribution in [0.15, 0.2) is 148 Å². The van der Waals surface area contributed by atoms with E-state index in [9.17, 15) is 9.59 Å². The molecule has 5 saturated heterocycles. The van der Waals surface area contributed by atoms with Crippen molar-refractivity contribution in [2.24, 2.45) is 0 Å². The second-order valence-electron chi connectivity index (χ2n) is 22.4. The van der Waals surface area contributed by atoms with Crippen molar-refractivity contribution in [3.05, 3.63) is 193 Å².